The summed E-state index contributed by atoms with van der Waals surface area (Å²) < 4.78 is 23.3. The highest BCUT2D eigenvalue weighted by atomic mass is 35.5. The van der Waals surface area contributed by atoms with Crippen LogP contribution < -0.4 is 0 Å². The SMILES string of the molecule is CS(=O)(=O)CC(=O)C[C@@H]1CC(c2cccc(Cl)c2)[C@@H](c2ccc(Cl)cc2)N(CC2CC2)C1=O. The molecular weight excluding hydrogens is 481 g/mol. The molecule has 0 N–H and O–H groups in total. The Hall–Kier alpha value is -1.89. The number of amides is 1. The van der Waals surface area contributed by atoms with E-state index in [1.165, 1.54) is 0 Å². The molecule has 2 aromatic rings. The molecule has 3 atom stereocenters. The number of hydrogen-bond donors (Lipinski definition) is 0. The molecule has 0 bridgehead atoms. The molecule has 1 heterocycles. The topological polar surface area (TPSA) is 71.5 Å². The smallest absolute Gasteiger partial charge is 0.226 e. The number of Topliss-reactive ketones (excluding diaryl/α,β-unsaturated/α-hetero) is 1. The van der Waals surface area contributed by atoms with Crippen molar-refractivity contribution in [2.45, 2.75) is 37.6 Å². The van der Waals surface area contributed by atoms with Crippen LogP contribution in [0.4, 0.5) is 0 Å². The van der Waals surface area contributed by atoms with Gasteiger partial charge in [-0.15, -0.1) is 0 Å². The minimum Gasteiger partial charge on any atom is -0.335 e. The van der Waals surface area contributed by atoms with Crippen molar-refractivity contribution in [3.8, 4) is 0 Å². The predicted octanol–water partition coefficient (Wildman–Crippen LogP) is 5.08. The van der Waals surface area contributed by atoms with Crippen LogP contribution in [0.1, 0.15) is 48.8 Å². The van der Waals surface area contributed by atoms with Crippen LogP contribution in [0.25, 0.3) is 0 Å². The van der Waals surface area contributed by atoms with Gasteiger partial charge in [-0.05, 0) is 60.6 Å². The predicted molar refractivity (Wildman–Crippen MR) is 130 cm³/mol. The Morgan fingerprint density at radius 1 is 1.03 bits per heavy atom. The van der Waals surface area contributed by atoms with E-state index in [0.29, 0.717) is 28.9 Å². The zero-order valence-electron chi connectivity index (χ0n) is 18.4. The van der Waals surface area contributed by atoms with Gasteiger partial charge in [0.2, 0.25) is 5.91 Å². The molecule has 2 aliphatic rings. The fourth-order valence-corrected chi connectivity index (χ4v) is 5.86. The summed E-state index contributed by atoms with van der Waals surface area (Å²) in [6, 6.07) is 15.0. The maximum atomic E-state index is 13.7. The first-order chi connectivity index (χ1) is 15.6. The van der Waals surface area contributed by atoms with Gasteiger partial charge in [0.25, 0.3) is 0 Å². The van der Waals surface area contributed by atoms with Crippen LogP contribution in [0.3, 0.4) is 0 Å². The van der Waals surface area contributed by atoms with E-state index in [4.69, 9.17) is 23.2 Å². The van der Waals surface area contributed by atoms with E-state index in [1.807, 2.05) is 53.4 Å². The highest BCUT2D eigenvalue weighted by Gasteiger charge is 2.45. The fourth-order valence-electron chi connectivity index (χ4n) is 4.83. The van der Waals surface area contributed by atoms with Crippen molar-refractivity contribution in [1.82, 2.24) is 4.90 Å². The first-order valence-electron chi connectivity index (χ1n) is 11.1. The Labute approximate surface area is 205 Å². The highest BCUT2D eigenvalue weighted by molar-refractivity contribution is 7.91. The molecule has 176 valence electrons. The lowest BCUT2D eigenvalue weighted by Gasteiger charge is -2.45. The molecule has 0 spiro atoms. The number of carbonyl (C=O) groups is 2. The van der Waals surface area contributed by atoms with Gasteiger partial charge in [-0.25, -0.2) is 8.42 Å². The third-order valence-corrected chi connectivity index (χ3v) is 7.76. The lowest BCUT2D eigenvalue weighted by molar-refractivity contribution is -0.145. The minimum atomic E-state index is -3.45. The summed E-state index contributed by atoms with van der Waals surface area (Å²) in [4.78, 5) is 28.1. The maximum absolute atomic E-state index is 13.7. The summed E-state index contributed by atoms with van der Waals surface area (Å²) in [6.45, 7) is 0.625. The van der Waals surface area contributed by atoms with Crippen molar-refractivity contribution in [3.05, 3.63) is 69.7 Å². The lowest BCUT2D eigenvalue weighted by Crippen LogP contribution is -2.48. The van der Waals surface area contributed by atoms with Crippen molar-refractivity contribution in [1.29, 1.82) is 0 Å². The monoisotopic (exact) mass is 507 g/mol. The van der Waals surface area contributed by atoms with Crippen molar-refractivity contribution in [2.24, 2.45) is 11.8 Å². The average Bonchev–Trinajstić information content (AvgIpc) is 3.54. The van der Waals surface area contributed by atoms with Gasteiger partial charge >= 0.3 is 0 Å². The van der Waals surface area contributed by atoms with E-state index >= 15 is 0 Å². The number of sulfone groups is 1. The third-order valence-electron chi connectivity index (χ3n) is 6.43. The Bertz CT molecular complexity index is 1150. The molecule has 1 saturated heterocycles. The van der Waals surface area contributed by atoms with E-state index in [2.05, 4.69) is 0 Å². The van der Waals surface area contributed by atoms with Gasteiger partial charge < -0.3 is 4.90 Å². The van der Waals surface area contributed by atoms with Gasteiger partial charge in [0.1, 0.15) is 11.5 Å². The van der Waals surface area contributed by atoms with Crippen LogP contribution in [0, 0.1) is 11.8 Å². The number of benzene rings is 2. The molecule has 5 nitrogen and oxygen atoms in total. The summed E-state index contributed by atoms with van der Waals surface area (Å²) in [5.74, 6) is -1.24. The molecule has 1 unspecified atom stereocenters. The van der Waals surface area contributed by atoms with Gasteiger partial charge in [0.05, 0.1) is 6.04 Å². The number of rotatable bonds is 8. The second-order valence-corrected chi connectivity index (χ2v) is 12.4. The number of carbonyl (C=O) groups excluding carboxylic acids is 2. The molecule has 33 heavy (non-hydrogen) atoms. The van der Waals surface area contributed by atoms with Crippen molar-refractivity contribution < 1.29 is 18.0 Å². The number of likely N-dealkylation sites (tertiary alicyclic amines) is 1. The minimum absolute atomic E-state index is 0.0720. The van der Waals surface area contributed by atoms with Crippen LogP contribution in [0.15, 0.2) is 48.5 Å². The molecular formula is C25H27Cl2NO4S. The quantitative estimate of drug-likeness (QED) is 0.499. The summed E-state index contributed by atoms with van der Waals surface area (Å²) in [5.41, 5.74) is 1.98. The largest absolute Gasteiger partial charge is 0.335 e. The highest BCUT2D eigenvalue weighted by Crippen LogP contribution is 2.48. The number of piperidine rings is 1. The number of ketones is 1. The van der Waals surface area contributed by atoms with Gasteiger partial charge in [0, 0.05) is 41.1 Å². The van der Waals surface area contributed by atoms with Gasteiger partial charge in [-0.3, -0.25) is 9.59 Å². The first kappa shape index (κ1) is 24.2. The molecule has 4 rings (SSSR count). The molecule has 0 radical (unpaired) electrons. The molecule has 2 aromatic carbocycles. The molecule has 0 aromatic heterocycles. The number of hydrogen-bond acceptors (Lipinski definition) is 4. The van der Waals surface area contributed by atoms with Crippen molar-refractivity contribution in [2.75, 3.05) is 18.6 Å². The zero-order chi connectivity index (χ0) is 23.8. The van der Waals surface area contributed by atoms with Crippen LogP contribution >= 0.6 is 23.2 Å². The molecule has 1 aliphatic heterocycles. The van der Waals surface area contributed by atoms with E-state index in [1.54, 1.807) is 0 Å². The molecule has 1 saturated carbocycles. The number of nitrogens with zero attached hydrogens (tertiary/aromatic N) is 1. The average molecular weight is 508 g/mol. The first-order valence-corrected chi connectivity index (χ1v) is 13.9. The summed E-state index contributed by atoms with van der Waals surface area (Å²) in [7, 11) is -3.45. The summed E-state index contributed by atoms with van der Waals surface area (Å²) in [6.07, 6.45) is 3.58. The Morgan fingerprint density at radius 3 is 2.33 bits per heavy atom. The molecule has 1 aliphatic carbocycles. The van der Waals surface area contributed by atoms with Crippen LogP contribution in [0.5, 0.6) is 0 Å². The van der Waals surface area contributed by atoms with Crippen molar-refractivity contribution in [3.63, 3.8) is 0 Å². The molecule has 1 amide bonds. The third kappa shape index (κ3) is 6.17. The van der Waals surface area contributed by atoms with Crippen molar-refractivity contribution >= 4 is 44.7 Å². The van der Waals surface area contributed by atoms with Gasteiger partial charge in [0.15, 0.2) is 9.84 Å². The Balaban J connectivity index is 1.73. The second-order valence-electron chi connectivity index (χ2n) is 9.34. The van der Waals surface area contributed by atoms with E-state index in [0.717, 1.165) is 30.2 Å². The van der Waals surface area contributed by atoms with Gasteiger partial charge in [-0.2, -0.15) is 0 Å². The summed E-state index contributed by atoms with van der Waals surface area (Å²) in [5, 5.41) is 1.23. The number of halogens is 2. The van der Waals surface area contributed by atoms with E-state index in [9.17, 15) is 18.0 Å². The van der Waals surface area contributed by atoms with E-state index < -0.39 is 27.3 Å². The van der Waals surface area contributed by atoms with E-state index in [-0.39, 0.29) is 24.3 Å². The van der Waals surface area contributed by atoms with Gasteiger partial charge in [-0.1, -0.05) is 47.5 Å². The summed E-state index contributed by atoms with van der Waals surface area (Å²) >= 11 is 12.4. The normalized spacial score (nSPS) is 23.5. The molecule has 2 fully saturated rings. The van der Waals surface area contributed by atoms with Crippen LogP contribution in [-0.4, -0.2) is 43.6 Å². The maximum Gasteiger partial charge on any atom is 0.226 e. The zero-order valence-corrected chi connectivity index (χ0v) is 20.7. The van der Waals surface area contributed by atoms with Crippen LogP contribution in [-0.2, 0) is 19.4 Å². The fraction of sp³-hybridized carbons (Fsp3) is 0.440. The second kappa shape index (κ2) is 9.77. The standard InChI is InChI=1S/C25H27Cl2NO4S/c1-33(31,32)15-22(29)12-19-13-23(18-3-2-4-21(27)11-18)24(17-7-9-20(26)10-8-17)28(25(19)30)14-16-5-6-16/h2-4,7-11,16,19,23-24H,5-6,12-15H2,1H3/t19-,23?,24-/m1/s1. The molecule has 8 heteroatoms. The lowest BCUT2D eigenvalue weighted by atomic mass is 9.74. The van der Waals surface area contributed by atoms with Crippen LogP contribution in [0.2, 0.25) is 10.0 Å². The Morgan fingerprint density at radius 2 is 1.73 bits per heavy atom. The Kier molecular flexibility index (Phi) is 7.18.